The van der Waals surface area contributed by atoms with Crippen molar-refractivity contribution in [3.63, 3.8) is 0 Å². The number of nitrogens with zero attached hydrogens (tertiary/aromatic N) is 3. The minimum absolute atomic E-state index is 0.138. The van der Waals surface area contributed by atoms with Gasteiger partial charge in [-0.05, 0) is 58.0 Å². The number of amides is 1. The Kier molecular flexibility index (Phi) is 6.09. The zero-order chi connectivity index (χ0) is 21.3. The average Bonchev–Trinajstić information content (AvgIpc) is 3.48. The number of carbonyl (C=O) groups is 1. The second kappa shape index (κ2) is 8.61. The van der Waals surface area contributed by atoms with Gasteiger partial charge in [0.1, 0.15) is 32.0 Å². The fourth-order valence-electron chi connectivity index (χ4n) is 4.15. The molecule has 0 spiro atoms. The molecular weight excluding hydrogens is 396 g/mol. The lowest BCUT2D eigenvalue weighted by Crippen LogP contribution is -3.28. The van der Waals surface area contributed by atoms with Gasteiger partial charge in [-0.3, -0.25) is 9.36 Å². The van der Waals surface area contributed by atoms with Gasteiger partial charge in [-0.1, -0.05) is 18.2 Å². The van der Waals surface area contributed by atoms with Crippen LogP contribution in [-0.2, 0) is 11.5 Å². The predicted octanol–water partition coefficient (Wildman–Crippen LogP) is -0.0637. The van der Waals surface area contributed by atoms with Gasteiger partial charge in [-0.15, -0.1) is 0 Å². The van der Waals surface area contributed by atoms with Gasteiger partial charge >= 0.3 is 0 Å². The Balaban J connectivity index is 1.39. The second-order valence-corrected chi connectivity index (χ2v) is 10.1. The third-order valence-corrected chi connectivity index (χ3v) is 6.18. The summed E-state index contributed by atoms with van der Waals surface area (Å²) in [6, 6.07) is 10.3. The normalized spacial score (nSPS) is 22.1. The summed E-state index contributed by atoms with van der Waals surface area (Å²) >= 11 is 5.83. The fraction of sp³-hybridized carbons (Fsp3) is 0.591. The Morgan fingerprint density at radius 3 is 2.37 bits per heavy atom. The molecule has 8 heteroatoms. The van der Waals surface area contributed by atoms with E-state index in [9.17, 15) is 4.79 Å². The summed E-state index contributed by atoms with van der Waals surface area (Å²) < 4.78 is 4.96. The number of hydrogen-bond acceptors (Lipinski definition) is 3. The molecule has 1 aliphatic carbocycles. The number of para-hydroxylation sites is 1. The maximum absolute atomic E-state index is 12.2. The number of benzene rings is 1. The molecule has 1 amide bonds. The van der Waals surface area contributed by atoms with Gasteiger partial charge in [-0.2, -0.15) is 9.78 Å². The monoisotopic (exact) mass is 430 g/mol. The molecule has 0 radical (unpaired) electrons. The van der Waals surface area contributed by atoms with E-state index in [-0.39, 0.29) is 11.4 Å². The molecule has 162 valence electrons. The van der Waals surface area contributed by atoms with Crippen molar-refractivity contribution in [3.05, 3.63) is 40.9 Å². The van der Waals surface area contributed by atoms with Crippen LogP contribution < -0.4 is 15.1 Å². The molecule has 2 fully saturated rings. The maximum atomic E-state index is 12.2. The van der Waals surface area contributed by atoms with Crippen LogP contribution in [0.1, 0.15) is 45.4 Å². The Bertz CT molecular complexity index is 933. The molecule has 1 saturated heterocycles. The van der Waals surface area contributed by atoms with E-state index in [1.165, 1.54) is 22.6 Å². The molecule has 7 nitrogen and oxygen atoms in total. The van der Waals surface area contributed by atoms with Gasteiger partial charge in [0.25, 0.3) is 5.91 Å². The summed E-state index contributed by atoms with van der Waals surface area (Å²) in [6.07, 6.45) is 2.40. The second-order valence-electron chi connectivity index (χ2n) is 9.72. The third kappa shape index (κ3) is 5.17. The highest BCUT2D eigenvalue weighted by Crippen LogP contribution is 2.40. The van der Waals surface area contributed by atoms with E-state index in [4.69, 9.17) is 17.3 Å². The minimum atomic E-state index is -0.170. The molecule has 1 aliphatic heterocycles. The topological polar surface area (TPSA) is 60.7 Å². The molecule has 30 heavy (non-hydrogen) atoms. The first-order chi connectivity index (χ1) is 14.3. The van der Waals surface area contributed by atoms with E-state index in [1.807, 2.05) is 43.7 Å². The minimum Gasteiger partial charge on any atom is -0.347 e. The quantitative estimate of drug-likeness (QED) is 0.563. The predicted molar refractivity (Wildman–Crippen MR) is 119 cm³/mol. The van der Waals surface area contributed by atoms with Crippen LogP contribution in [0.3, 0.4) is 0 Å². The lowest BCUT2D eigenvalue weighted by atomic mass is 10.1. The van der Waals surface area contributed by atoms with Gasteiger partial charge in [0, 0.05) is 17.1 Å². The van der Waals surface area contributed by atoms with Crippen LogP contribution >= 0.6 is 12.2 Å². The lowest BCUT2D eigenvalue weighted by molar-refractivity contribution is -1.02. The summed E-state index contributed by atoms with van der Waals surface area (Å²) in [5, 5.41) is 8.00. The van der Waals surface area contributed by atoms with Gasteiger partial charge < -0.3 is 15.1 Å². The van der Waals surface area contributed by atoms with E-state index in [2.05, 4.69) is 22.0 Å². The molecule has 0 bridgehead atoms. The van der Waals surface area contributed by atoms with Crippen molar-refractivity contribution < 1.29 is 14.6 Å². The third-order valence-electron chi connectivity index (χ3n) is 5.78. The van der Waals surface area contributed by atoms with Crippen LogP contribution in [0, 0.1) is 4.77 Å². The van der Waals surface area contributed by atoms with Crippen LogP contribution in [0.15, 0.2) is 30.3 Å². The van der Waals surface area contributed by atoms with Gasteiger partial charge in [-0.25, -0.2) is 0 Å². The summed E-state index contributed by atoms with van der Waals surface area (Å²) in [5.74, 6) is 1.78. The number of hydrogen-bond donors (Lipinski definition) is 3. The summed E-state index contributed by atoms with van der Waals surface area (Å²) in [6.45, 7) is 11.5. The highest BCUT2D eigenvalue weighted by Gasteiger charge is 2.32. The standard InChI is InChI=1S/C22H32N6OS/c1-22(2,3)23-19(29)15-25-11-13-26(14-12-25)16-27-21(30)28(18-7-5-4-6-8-18)20(24-27)17-9-10-17/h4-8,17H,9-16H2,1-3H3,(H,23,29)/p+2. The Hall–Kier alpha value is -2.03. The summed E-state index contributed by atoms with van der Waals surface area (Å²) in [7, 11) is 0. The smallest absolute Gasteiger partial charge is 0.275 e. The van der Waals surface area contributed by atoms with Crippen molar-refractivity contribution in [1.82, 2.24) is 19.7 Å². The van der Waals surface area contributed by atoms with Crippen molar-refractivity contribution in [2.45, 2.75) is 51.7 Å². The Morgan fingerprint density at radius 2 is 1.77 bits per heavy atom. The highest BCUT2D eigenvalue weighted by atomic mass is 32.1. The van der Waals surface area contributed by atoms with Crippen molar-refractivity contribution in [1.29, 1.82) is 0 Å². The van der Waals surface area contributed by atoms with Crippen LogP contribution in [0.25, 0.3) is 5.69 Å². The molecule has 0 atom stereocenters. The first-order valence-electron chi connectivity index (χ1n) is 11.0. The van der Waals surface area contributed by atoms with Crippen molar-refractivity contribution >= 4 is 18.1 Å². The van der Waals surface area contributed by atoms with E-state index in [0.717, 1.165) is 49.1 Å². The number of rotatable bonds is 6. The van der Waals surface area contributed by atoms with E-state index in [0.29, 0.717) is 12.5 Å². The first-order valence-corrected chi connectivity index (χ1v) is 11.4. The van der Waals surface area contributed by atoms with Crippen molar-refractivity contribution in [2.24, 2.45) is 0 Å². The van der Waals surface area contributed by atoms with E-state index >= 15 is 0 Å². The molecule has 2 heterocycles. The average molecular weight is 431 g/mol. The van der Waals surface area contributed by atoms with E-state index < -0.39 is 0 Å². The number of aromatic nitrogens is 3. The van der Waals surface area contributed by atoms with Crippen LogP contribution in [-0.4, -0.2) is 58.5 Å². The number of carbonyl (C=O) groups excluding carboxylic acids is 1. The van der Waals surface area contributed by atoms with E-state index in [1.54, 1.807) is 0 Å². The highest BCUT2D eigenvalue weighted by molar-refractivity contribution is 7.71. The number of quaternary nitrogens is 2. The lowest BCUT2D eigenvalue weighted by Gasteiger charge is -2.30. The van der Waals surface area contributed by atoms with Gasteiger partial charge in [0.15, 0.2) is 13.2 Å². The van der Waals surface area contributed by atoms with Crippen LogP contribution in [0.5, 0.6) is 0 Å². The zero-order valence-electron chi connectivity index (χ0n) is 18.3. The molecule has 2 aromatic rings. The molecule has 0 unspecified atom stereocenters. The van der Waals surface area contributed by atoms with Crippen LogP contribution in [0.2, 0.25) is 0 Å². The molecule has 3 N–H and O–H groups in total. The molecule has 1 saturated carbocycles. The van der Waals surface area contributed by atoms with Gasteiger partial charge in [0.2, 0.25) is 4.77 Å². The van der Waals surface area contributed by atoms with Crippen LogP contribution in [0.4, 0.5) is 0 Å². The van der Waals surface area contributed by atoms with Crippen molar-refractivity contribution in [2.75, 3.05) is 32.7 Å². The van der Waals surface area contributed by atoms with Gasteiger partial charge in [0.05, 0.1) is 0 Å². The summed E-state index contributed by atoms with van der Waals surface area (Å²) in [5.41, 5.74) is 0.932. The molecule has 2 aliphatic rings. The molecule has 4 rings (SSSR count). The van der Waals surface area contributed by atoms with Crippen molar-refractivity contribution in [3.8, 4) is 5.69 Å². The fourth-order valence-corrected chi connectivity index (χ4v) is 4.45. The number of piperazine rings is 1. The molecule has 1 aromatic carbocycles. The molecular formula is C22H34N6OS+2. The Morgan fingerprint density at radius 1 is 1.13 bits per heavy atom. The zero-order valence-corrected chi connectivity index (χ0v) is 19.1. The Labute approximate surface area is 183 Å². The summed E-state index contributed by atoms with van der Waals surface area (Å²) in [4.78, 5) is 15.1. The SMILES string of the molecule is CC(C)(C)NC(=O)C[NH+]1CC[NH+](Cn2nc(C3CC3)n(-c3ccccc3)c2=S)CC1. The number of nitrogens with one attached hydrogen (secondary N) is 3. The first kappa shape index (κ1) is 21.2. The largest absolute Gasteiger partial charge is 0.347 e. The maximum Gasteiger partial charge on any atom is 0.275 e. The molecule has 1 aromatic heterocycles.